The molecule has 2 unspecified atom stereocenters. The summed E-state index contributed by atoms with van der Waals surface area (Å²) in [6, 6.07) is 2.96. The molecule has 1 fully saturated rings. The molecule has 1 aliphatic carbocycles. The third kappa shape index (κ3) is 1.67. The van der Waals surface area contributed by atoms with Gasteiger partial charge in [-0.1, -0.05) is 6.92 Å². The summed E-state index contributed by atoms with van der Waals surface area (Å²) < 4.78 is 25.6. The number of carbonyl (C=O) groups excluding carboxylic acids is 1. The van der Waals surface area contributed by atoms with Crippen molar-refractivity contribution in [3.05, 3.63) is 35.4 Å². The number of Topliss-reactive ketones (excluding diaryl/α,β-unsaturated/α-hetero) is 1. The van der Waals surface area contributed by atoms with Crippen molar-refractivity contribution >= 4 is 5.78 Å². The van der Waals surface area contributed by atoms with Crippen LogP contribution in [0.2, 0.25) is 0 Å². The van der Waals surface area contributed by atoms with E-state index in [1.165, 1.54) is 0 Å². The zero-order valence-corrected chi connectivity index (χ0v) is 7.76. The number of carbonyl (C=O) groups is 1. The first-order valence-corrected chi connectivity index (χ1v) is 4.58. The van der Waals surface area contributed by atoms with Crippen LogP contribution in [0.25, 0.3) is 0 Å². The van der Waals surface area contributed by atoms with Crippen LogP contribution < -0.4 is 0 Å². The fraction of sp³-hybridized carbons (Fsp3) is 0.364. The molecule has 0 radical (unpaired) electrons. The molecule has 1 aromatic carbocycles. The summed E-state index contributed by atoms with van der Waals surface area (Å²) in [7, 11) is 0. The summed E-state index contributed by atoms with van der Waals surface area (Å²) in [6.07, 6.45) is 0.830. The van der Waals surface area contributed by atoms with Crippen molar-refractivity contribution in [2.24, 2.45) is 11.8 Å². The maximum atomic E-state index is 12.8. The summed E-state index contributed by atoms with van der Waals surface area (Å²) >= 11 is 0. The van der Waals surface area contributed by atoms with Gasteiger partial charge in [-0.2, -0.15) is 0 Å². The number of hydrogen-bond donors (Lipinski definition) is 0. The van der Waals surface area contributed by atoms with Crippen molar-refractivity contribution in [1.29, 1.82) is 0 Å². The van der Waals surface area contributed by atoms with Crippen LogP contribution in [0.5, 0.6) is 0 Å². The first kappa shape index (κ1) is 9.31. The number of halogens is 2. The lowest BCUT2D eigenvalue weighted by Crippen LogP contribution is -2.03. The molecular weight excluding hydrogens is 186 g/mol. The van der Waals surface area contributed by atoms with E-state index in [9.17, 15) is 13.6 Å². The lowest BCUT2D eigenvalue weighted by molar-refractivity contribution is 0.0961. The molecule has 1 aliphatic rings. The number of ketones is 1. The Morgan fingerprint density at radius 1 is 1.29 bits per heavy atom. The second-order valence-electron chi connectivity index (χ2n) is 3.84. The second kappa shape index (κ2) is 3.15. The van der Waals surface area contributed by atoms with Gasteiger partial charge in [-0.05, 0) is 24.5 Å². The fourth-order valence-electron chi connectivity index (χ4n) is 1.60. The van der Waals surface area contributed by atoms with Gasteiger partial charge in [-0.3, -0.25) is 4.79 Å². The van der Waals surface area contributed by atoms with Crippen LogP contribution >= 0.6 is 0 Å². The Morgan fingerprint density at radius 3 is 2.21 bits per heavy atom. The Hall–Kier alpha value is -1.25. The van der Waals surface area contributed by atoms with Crippen molar-refractivity contribution in [1.82, 2.24) is 0 Å². The SMILES string of the molecule is CC1CC1C(=O)c1cc(F)cc(F)c1. The van der Waals surface area contributed by atoms with Crippen molar-refractivity contribution in [3.63, 3.8) is 0 Å². The van der Waals surface area contributed by atoms with Crippen molar-refractivity contribution in [2.45, 2.75) is 13.3 Å². The minimum absolute atomic E-state index is 0.0313. The predicted molar refractivity (Wildman–Crippen MR) is 48.0 cm³/mol. The average molecular weight is 196 g/mol. The van der Waals surface area contributed by atoms with Gasteiger partial charge in [-0.15, -0.1) is 0 Å². The quantitative estimate of drug-likeness (QED) is 0.665. The third-order valence-electron chi connectivity index (χ3n) is 2.59. The molecule has 0 heterocycles. The van der Waals surface area contributed by atoms with Gasteiger partial charge in [0, 0.05) is 17.5 Å². The lowest BCUT2D eigenvalue weighted by Gasteiger charge is -1.99. The third-order valence-corrected chi connectivity index (χ3v) is 2.59. The largest absolute Gasteiger partial charge is 0.294 e. The van der Waals surface area contributed by atoms with Crippen LogP contribution in [0.1, 0.15) is 23.7 Å². The highest BCUT2D eigenvalue weighted by atomic mass is 19.1. The van der Waals surface area contributed by atoms with Crippen LogP contribution in [0.4, 0.5) is 8.78 Å². The molecule has 0 aromatic heterocycles. The fourth-order valence-corrected chi connectivity index (χ4v) is 1.60. The van der Waals surface area contributed by atoms with E-state index in [2.05, 4.69) is 0 Å². The highest BCUT2D eigenvalue weighted by molar-refractivity contribution is 5.99. The van der Waals surface area contributed by atoms with E-state index >= 15 is 0 Å². The molecule has 1 saturated carbocycles. The normalized spacial score (nSPS) is 24.8. The van der Waals surface area contributed by atoms with E-state index < -0.39 is 11.6 Å². The molecule has 0 bridgehead atoms. The molecule has 0 amide bonds. The number of rotatable bonds is 2. The highest BCUT2D eigenvalue weighted by Gasteiger charge is 2.39. The topological polar surface area (TPSA) is 17.1 Å². The van der Waals surface area contributed by atoms with E-state index in [1.807, 2.05) is 6.92 Å². The second-order valence-corrected chi connectivity index (χ2v) is 3.84. The highest BCUT2D eigenvalue weighted by Crippen LogP contribution is 2.40. The molecule has 2 rings (SSSR count). The molecule has 0 N–H and O–H groups in total. The lowest BCUT2D eigenvalue weighted by atomic mass is 10.1. The van der Waals surface area contributed by atoms with E-state index in [0.717, 1.165) is 24.6 Å². The zero-order chi connectivity index (χ0) is 10.3. The molecular formula is C11H10F2O. The molecule has 0 saturated heterocycles. The van der Waals surface area contributed by atoms with Gasteiger partial charge in [-0.25, -0.2) is 8.78 Å². The molecule has 0 spiro atoms. The minimum Gasteiger partial charge on any atom is -0.294 e. The summed E-state index contributed by atoms with van der Waals surface area (Å²) in [5.41, 5.74) is 0.150. The van der Waals surface area contributed by atoms with Gasteiger partial charge < -0.3 is 0 Å². The Balaban J connectivity index is 2.27. The first-order valence-electron chi connectivity index (χ1n) is 4.58. The smallest absolute Gasteiger partial charge is 0.166 e. The maximum Gasteiger partial charge on any atom is 0.166 e. The van der Waals surface area contributed by atoms with Crippen molar-refractivity contribution < 1.29 is 13.6 Å². The van der Waals surface area contributed by atoms with E-state index in [1.54, 1.807) is 0 Å². The van der Waals surface area contributed by atoms with Crippen LogP contribution in [0.15, 0.2) is 18.2 Å². The molecule has 1 aromatic rings. The van der Waals surface area contributed by atoms with Gasteiger partial charge in [0.1, 0.15) is 11.6 Å². The molecule has 74 valence electrons. The number of hydrogen-bond acceptors (Lipinski definition) is 1. The summed E-state index contributed by atoms with van der Waals surface area (Å²) in [5, 5.41) is 0. The Labute approximate surface area is 80.7 Å². The van der Waals surface area contributed by atoms with Gasteiger partial charge in [0.25, 0.3) is 0 Å². The standard InChI is InChI=1S/C11H10F2O/c1-6-2-10(6)11(14)7-3-8(12)5-9(13)4-7/h3-6,10H,2H2,1H3. The summed E-state index contributed by atoms with van der Waals surface area (Å²) in [4.78, 5) is 11.6. The van der Waals surface area contributed by atoms with E-state index in [4.69, 9.17) is 0 Å². The van der Waals surface area contributed by atoms with Gasteiger partial charge in [0.05, 0.1) is 0 Å². The monoisotopic (exact) mass is 196 g/mol. The molecule has 2 atom stereocenters. The maximum absolute atomic E-state index is 12.8. The van der Waals surface area contributed by atoms with E-state index in [-0.39, 0.29) is 17.3 Å². The Bertz CT molecular complexity index is 367. The Morgan fingerprint density at radius 2 is 1.79 bits per heavy atom. The molecule has 1 nitrogen and oxygen atoms in total. The molecule has 14 heavy (non-hydrogen) atoms. The van der Waals surface area contributed by atoms with Crippen LogP contribution in [-0.4, -0.2) is 5.78 Å². The van der Waals surface area contributed by atoms with Gasteiger partial charge in [0.2, 0.25) is 0 Å². The van der Waals surface area contributed by atoms with Gasteiger partial charge >= 0.3 is 0 Å². The first-order chi connectivity index (χ1) is 6.58. The minimum atomic E-state index is -0.693. The number of benzene rings is 1. The summed E-state index contributed by atoms with van der Waals surface area (Å²) in [5.74, 6) is -1.20. The summed E-state index contributed by atoms with van der Waals surface area (Å²) in [6.45, 7) is 1.96. The molecule has 0 aliphatic heterocycles. The van der Waals surface area contributed by atoms with Crippen LogP contribution in [-0.2, 0) is 0 Å². The zero-order valence-electron chi connectivity index (χ0n) is 7.76. The van der Waals surface area contributed by atoms with Crippen molar-refractivity contribution in [3.8, 4) is 0 Å². The predicted octanol–water partition coefficient (Wildman–Crippen LogP) is 2.80. The molecule has 3 heteroatoms. The van der Waals surface area contributed by atoms with Gasteiger partial charge in [0.15, 0.2) is 5.78 Å². The van der Waals surface area contributed by atoms with Crippen LogP contribution in [0, 0.1) is 23.5 Å². The Kier molecular flexibility index (Phi) is 2.10. The van der Waals surface area contributed by atoms with Crippen molar-refractivity contribution in [2.75, 3.05) is 0 Å². The van der Waals surface area contributed by atoms with Crippen LogP contribution in [0.3, 0.4) is 0 Å². The average Bonchev–Trinajstić information content (AvgIpc) is 2.79. The van der Waals surface area contributed by atoms with E-state index in [0.29, 0.717) is 5.92 Å².